The van der Waals surface area contributed by atoms with E-state index < -0.39 is 5.97 Å². The first kappa shape index (κ1) is 17.5. The molecule has 6 nitrogen and oxygen atoms in total. The van der Waals surface area contributed by atoms with Crippen molar-refractivity contribution in [3.63, 3.8) is 0 Å². The second kappa shape index (κ2) is 10.2. The van der Waals surface area contributed by atoms with Gasteiger partial charge in [0.15, 0.2) is 0 Å². The molecule has 1 aliphatic heterocycles. The van der Waals surface area contributed by atoms with Crippen molar-refractivity contribution >= 4 is 17.8 Å². The SMILES string of the molecule is O=C(O)CCCCCCNC(=O)CN1CCCCCC1=O. The number of carboxylic acid groups (broad SMARTS) is 1. The van der Waals surface area contributed by atoms with Crippen LogP contribution >= 0.6 is 0 Å². The third-order valence-corrected chi connectivity index (χ3v) is 3.65. The number of likely N-dealkylation sites (tertiary alicyclic amines) is 1. The predicted molar refractivity (Wildman–Crippen MR) is 78.8 cm³/mol. The molecular formula is C15H26N2O4. The maximum atomic E-state index is 11.8. The van der Waals surface area contributed by atoms with Crippen molar-refractivity contribution < 1.29 is 19.5 Å². The number of unbranched alkanes of at least 4 members (excludes halogenated alkanes) is 3. The lowest BCUT2D eigenvalue weighted by Gasteiger charge is -2.19. The molecule has 2 N–H and O–H groups in total. The third kappa shape index (κ3) is 8.32. The summed E-state index contributed by atoms with van der Waals surface area (Å²) in [6.07, 6.45) is 7.03. The number of hydrogen-bond donors (Lipinski definition) is 2. The fraction of sp³-hybridized carbons (Fsp3) is 0.800. The summed E-state index contributed by atoms with van der Waals surface area (Å²) in [7, 11) is 0. The van der Waals surface area contributed by atoms with Crippen LogP contribution in [0, 0.1) is 0 Å². The second-order valence-electron chi connectivity index (χ2n) is 5.53. The van der Waals surface area contributed by atoms with Crippen LogP contribution in [0.2, 0.25) is 0 Å². The van der Waals surface area contributed by atoms with Crippen LogP contribution in [0.1, 0.15) is 57.8 Å². The summed E-state index contributed by atoms with van der Waals surface area (Å²) in [5.74, 6) is -0.780. The fourth-order valence-electron chi connectivity index (χ4n) is 2.42. The lowest BCUT2D eigenvalue weighted by Crippen LogP contribution is -2.40. The maximum Gasteiger partial charge on any atom is 0.303 e. The molecule has 0 saturated carbocycles. The van der Waals surface area contributed by atoms with E-state index >= 15 is 0 Å². The minimum absolute atomic E-state index is 0.0799. The van der Waals surface area contributed by atoms with E-state index in [0.717, 1.165) is 38.5 Å². The van der Waals surface area contributed by atoms with E-state index in [-0.39, 0.29) is 24.8 Å². The van der Waals surface area contributed by atoms with E-state index in [0.29, 0.717) is 25.9 Å². The standard InChI is InChI=1S/C15H26N2O4/c18-13(12-17-11-7-3-4-8-14(17)19)16-10-6-2-1-5-9-15(20)21/h1-12H2,(H,16,18)(H,20,21). The van der Waals surface area contributed by atoms with Crippen molar-refractivity contribution in [1.29, 1.82) is 0 Å². The summed E-state index contributed by atoms with van der Waals surface area (Å²) in [4.78, 5) is 35.5. The number of hydrogen-bond acceptors (Lipinski definition) is 3. The molecule has 0 aromatic carbocycles. The highest BCUT2D eigenvalue weighted by atomic mass is 16.4. The van der Waals surface area contributed by atoms with Crippen molar-refractivity contribution in [2.24, 2.45) is 0 Å². The molecule has 2 amide bonds. The molecule has 0 bridgehead atoms. The fourth-order valence-corrected chi connectivity index (χ4v) is 2.42. The Morgan fingerprint density at radius 2 is 1.86 bits per heavy atom. The molecule has 120 valence electrons. The van der Waals surface area contributed by atoms with Crippen LogP contribution in [0.5, 0.6) is 0 Å². The molecular weight excluding hydrogens is 272 g/mol. The van der Waals surface area contributed by atoms with E-state index in [1.165, 1.54) is 0 Å². The first-order chi connectivity index (χ1) is 10.1. The third-order valence-electron chi connectivity index (χ3n) is 3.65. The number of carboxylic acids is 1. The normalized spacial score (nSPS) is 15.6. The average molecular weight is 298 g/mol. The van der Waals surface area contributed by atoms with Gasteiger partial charge in [-0.05, 0) is 25.7 Å². The van der Waals surface area contributed by atoms with E-state index in [4.69, 9.17) is 5.11 Å². The minimum atomic E-state index is -0.759. The lowest BCUT2D eigenvalue weighted by molar-refractivity contribution is -0.137. The van der Waals surface area contributed by atoms with Crippen molar-refractivity contribution in [3.05, 3.63) is 0 Å². The molecule has 0 atom stereocenters. The topological polar surface area (TPSA) is 86.7 Å². The molecule has 0 radical (unpaired) electrons. The van der Waals surface area contributed by atoms with E-state index in [9.17, 15) is 14.4 Å². The molecule has 0 unspecified atom stereocenters. The lowest BCUT2D eigenvalue weighted by atomic mass is 10.1. The zero-order valence-electron chi connectivity index (χ0n) is 12.6. The van der Waals surface area contributed by atoms with E-state index in [2.05, 4.69) is 5.32 Å². The highest BCUT2D eigenvalue weighted by molar-refractivity contribution is 5.84. The summed E-state index contributed by atoms with van der Waals surface area (Å²) in [6, 6.07) is 0. The Labute approximate surface area is 125 Å². The van der Waals surface area contributed by atoms with Crippen molar-refractivity contribution in [1.82, 2.24) is 10.2 Å². The zero-order chi connectivity index (χ0) is 15.5. The number of nitrogens with one attached hydrogen (secondary N) is 1. The van der Waals surface area contributed by atoms with Crippen molar-refractivity contribution in [3.8, 4) is 0 Å². The van der Waals surface area contributed by atoms with Gasteiger partial charge in [-0.2, -0.15) is 0 Å². The minimum Gasteiger partial charge on any atom is -0.481 e. The van der Waals surface area contributed by atoms with Crippen molar-refractivity contribution in [2.75, 3.05) is 19.6 Å². The second-order valence-corrected chi connectivity index (χ2v) is 5.53. The quantitative estimate of drug-likeness (QED) is 0.632. The highest BCUT2D eigenvalue weighted by Crippen LogP contribution is 2.10. The largest absolute Gasteiger partial charge is 0.481 e. The van der Waals surface area contributed by atoms with Gasteiger partial charge in [-0.15, -0.1) is 0 Å². The van der Waals surface area contributed by atoms with Crippen LogP contribution in [-0.2, 0) is 14.4 Å². The number of amides is 2. The van der Waals surface area contributed by atoms with Gasteiger partial charge in [-0.1, -0.05) is 19.3 Å². The van der Waals surface area contributed by atoms with Crippen LogP contribution in [0.15, 0.2) is 0 Å². The average Bonchev–Trinajstić information content (AvgIpc) is 2.63. The Balaban J connectivity index is 2.05. The van der Waals surface area contributed by atoms with Crippen LogP contribution in [0.4, 0.5) is 0 Å². The van der Waals surface area contributed by atoms with Gasteiger partial charge < -0.3 is 15.3 Å². The molecule has 1 saturated heterocycles. The van der Waals surface area contributed by atoms with Crippen LogP contribution in [0.3, 0.4) is 0 Å². The summed E-state index contributed by atoms with van der Waals surface area (Å²) in [5, 5.41) is 11.3. The molecule has 0 spiro atoms. The van der Waals surface area contributed by atoms with Gasteiger partial charge in [0.05, 0.1) is 6.54 Å². The molecule has 1 rings (SSSR count). The van der Waals surface area contributed by atoms with Crippen LogP contribution in [-0.4, -0.2) is 47.4 Å². The monoisotopic (exact) mass is 298 g/mol. The van der Waals surface area contributed by atoms with Crippen LogP contribution in [0.25, 0.3) is 0 Å². The van der Waals surface area contributed by atoms with Gasteiger partial charge in [0.2, 0.25) is 11.8 Å². The summed E-state index contributed by atoms with van der Waals surface area (Å²) >= 11 is 0. The number of carbonyl (C=O) groups excluding carboxylic acids is 2. The van der Waals surface area contributed by atoms with Gasteiger partial charge in [-0.25, -0.2) is 0 Å². The molecule has 1 fully saturated rings. The van der Waals surface area contributed by atoms with Gasteiger partial charge >= 0.3 is 5.97 Å². The van der Waals surface area contributed by atoms with Gasteiger partial charge in [0, 0.05) is 25.9 Å². The Hall–Kier alpha value is -1.59. The van der Waals surface area contributed by atoms with Crippen LogP contribution < -0.4 is 5.32 Å². The molecule has 0 aliphatic carbocycles. The van der Waals surface area contributed by atoms with Gasteiger partial charge in [-0.3, -0.25) is 14.4 Å². The number of nitrogens with zero attached hydrogens (tertiary/aromatic N) is 1. The Bertz CT molecular complexity index is 358. The molecule has 21 heavy (non-hydrogen) atoms. The predicted octanol–water partition coefficient (Wildman–Crippen LogP) is 1.54. The first-order valence-electron chi connectivity index (χ1n) is 7.86. The van der Waals surface area contributed by atoms with E-state index in [1.807, 2.05) is 0 Å². The number of rotatable bonds is 9. The summed E-state index contributed by atoms with van der Waals surface area (Å²) in [6.45, 7) is 1.44. The Kier molecular flexibility index (Phi) is 8.47. The van der Waals surface area contributed by atoms with Gasteiger partial charge in [0.1, 0.15) is 0 Å². The molecule has 6 heteroatoms. The van der Waals surface area contributed by atoms with Gasteiger partial charge in [0.25, 0.3) is 0 Å². The molecule has 0 aromatic rings. The number of carbonyl (C=O) groups is 3. The first-order valence-corrected chi connectivity index (χ1v) is 7.86. The summed E-state index contributed by atoms with van der Waals surface area (Å²) < 4.78 is 0. The number of aliphatic carboxylic acids is 1. The maximum absolute atomic E-state index is 11.8. The molecule has 1 aliphatic rings. The summed E-state index contributed by atoms with van der Waals surface area (Å²) in [5.41, 5.74) is 0. The molecule has 1 heterocycles. The Morgan fingerprint density at radius 3 is 2.62 bits per heavy atom. The highest BCUT2D eigenvalue weighted by Gasteiger charge is 2.18. The Morgan fingerprint density at radius 1 is 1.10 bits per heavy atom. The smallest absolute Gasteiger partial charge is 0.303 e. The van der Waals surface area contributed by atoms with Crippen molar-refractivity contribution in [2.45, 2.75) is 57.8 Å². The van der Waals surface area contributed by atoms with E-state index in [1.54, 1.807) is 4.90 Å². The zero-order valence-corrected chi connectivity index (χ0v) is 12.6. The molecule has 0 aromatic heterocycles.